The van der Waals surface area contributed by atoms with Gasteiger partial charge in [-0.25, -0.2) is 0 Å². The van der Waals surface area contributed by atoms with E-state index in [9.17, 15) is 4.79 Å². The Balaban J connectivity index is 2.20. The lowest BCUT2D eigenvalue weighted by atomic mass is 10.1. The summed E-state index contributed by atoms with van der Waals surface area (Å²) in [5.74, 6) is 1.53. The summed E-state index contributed by atoms with van der Waals surface area (Å²) in [5.41, 5.74) is 1.10. The van der Waals surface area contributed by atoms with Crippen molar-refractivity contribution in [2.24, 2.45) is 5.92 Å². The molecule has 1 aromatic rings. The van der Waals surface area contributed by atoms with E-state index in [0.717, 1.165) is 24.3 Å². The third-order valence-electron chi connectivity index (χ3n) is 4.01. The first-order chi connectivity index (χ1) is 9.56. The summed E-state index contributed by atoms with van der Waals surface area (Å²) < 4.78 is 5.18. The molecule has 1 aliphatic heterocycles. The number of nitrogens with one attached hydrogen (secondary N) is 1. The Hall–Kier alpha value is -1.55. The van der Waals surface area contributed by atoms with Crippen molar-refractivity contribution in [2.75, 3.05) is 13.7 Å². The smallest absolute Gasteiger partial charge is 0.241 e. The Kier molecular flexibility index (Phi) is 4.65. The molecule has 0 saturated carbocycles. The highest BCUT2D eigenvalue weighted by Gasteiger charge is 2.37. The van der Waals surface area contributed by atoms with Gasteiger partial charge in [0.05, 0.1) is 13.2 Å². The van der Waals surface area contributed by atoms with Gasteiger partial charge in [-0.15, -0.1) is 0 Å². The van der Waals surface area contributed by atoms with Crippen LogP contribution in [0.5, 0.6) is 5.75 Å². The number of hydrogen-bond acceptors (Lipinski definition) is 3. The van der Waals surface area contributed by atoms with Crippen molar-refractivity contribution in [3.05, 3.63) is 29.8 Å². The van der Waals surface area contributed by atoms with Gasteiger partial charge in [-0.05, 0) is 30.5 Å². The molecule has 1 amide bonds. The molecule has 3 unspecified atom stereocenters. The fraction of sp³-hybridized carbons (Fsp3) is 0.562. The number of carbonyl (C=O) groups excluding carboxylic acids is 1. The Morgan fingerprint density at radius 3 is 2.55 bits per heavy atom. The van der Waals surface area contributed by atoms with Gasteiger partial charge in [0.15, 0.2) is 0 Å². The Labute approximate surface area is 121 Å². The molecule has 0 bridgehead atoms. The second-order valence-corrected chi connectivity index (χ2v) is 5.57. The second-order valence-electron chi connectivity index (χ2n) is 5.57. The quantitative estimate of drug-likeness (QED) is 0.898. The molecule has 1 aliphatic rings. The van der Waals surface area contributed by atoms with Crippen molar-refractivity contribution in [3.8, 4) is 5.75 Å². The second kappa shape index (κ2) is 6.27. The maximum absolute atomic E-state index is 12.3. The van der Waals surface area contributed by atoms with E-state index in [0.29, 0.717) is 5.92 Å². The first-order valence-electron chi connectivity index (χ1n) is 7.27. The number of hydrogen-bond donors (Lipinski definition) is 1. The van der Waals surface area contributed by atoms with Crippen molar-refractivity contribution >= 4 is 5.91 Å². The van der Waals surface area contributed by atoms with Gasteiger partial charge in [0.2, 0.25) is 5.91 Å². The topological polar surface area (TPSA) is 41.6 Å². The lowest BCUT2D eigenvalue weighted by Crippen LogP contribution is -2.34. The average Bonchev–Trinajstić information content (AvgIpc) is 2.75. The highest BCUT2D eigenvalue weighted by Crippen LogP contribution is 2.27. The van der Waals surface area contributed by atoms with Gasteiger partial charge in [0.25, 0.3) is 0 Å². The van der Waals surface area contributed by atoms with Gasteiger partial charge in [-0.2, -0.15) is 0 Å². The number of rotatable bonds is 5. The zero-order valence-electron chi connectivity index (χ0n) is 12.7. The molecule has 2 rings (SSSR count). The van der Waals surface area contributed by atoms with Crippen molar-refractivity contribution in [3.63, 3.8) is 0 Å². The van der Waals surface area contributed by atoms with Crippen LogP contribution in [0.25, 0.3) is 0 Å². The van der Waals surface area contributed by atoms with Gasteiger partial charge in [0, 0.05) is 6.54 Å². The molecule has 4 heteroatoms. The van der Waals surface area contributed by atoms with E-state index in [1.165, 1.54) is 0 Å². The van der Waals surface area contributed by atoms with Crippen LogP contribution < -0.4 is 10.1 Å². The fourth-order valence-electron chi connectivity index (χ4n) is 2.50. The van der Waals surface area contributed by atoms with E-state index in [1.54, 1.807) is 7.11 Å². The van der Waals surface area contributed by atoms with Crippen LogP contribution >= 0.6 is 0 Å². The first-order valence-corrected chi connectivity index (χ1v) is 7.27. The highest BCUT2D eigenvalue weighted by molar-refractivity contribution is 5.84. The molecule has 1 heterocycles. The molecule has 20 heavy (non-hydrogen) atoms. The fourth-order valence-corrected chi connectivity index (χ4v) is 2.50. The van der Waals surface area contributed by atoms with Gasteiger partial charge in [0.1, 0.15) is 11.9 Å². The maximum atomic E-state index is 12.3. The minimum absolute atomic E-state index is 0.0302. The van der Waals surface area contributed by atoms with E-state index in [-0.39, 0.29) is 18.1 Å². The molecular formula is C16H24N2O2. The summed E-state index contributed by atoms with van der Waals surface area (Å²) in [6.07, 6.45) is 1.05. The normalized spacial score (nSPS) is 24.0. The Bertz CT molecular complexity index is 458. The third-order valence-corrected chi connectivity index (χ3v) is 4.01. The van der Waals surface area contributed by atoms with E-state index < -0.39 is 0 Å². The van der Waals surface area contributed by atoms with Crippen LogP contribution in [0.3, 0.4) is 0 Å². The minimum atomic E-state index is -0.119. The van der Waals surface area contributed by atoms with Gasteiger partial charge in [-0.3, -0.25) is 10.1 Å². The van der Waals surface area contributed by atoms with E-state index in [2.05, 4.69) is 19.2 Å². The number of benzene rings is 1. The molecule has 4 nitrogen and oxygen atoms in total. The maximum Gasteiger partial charge on any atom is 0.241 e. The summed E-state index contributed by atoms with van der Waals surface area (Å²) in [7, 11) is 1.66. The summed E-state index contributed by atoms with van der Waals surface area (Å²) in [4.78, 5) is 14.3. The Morgan fingerprint density at radius 1 is 1.35 bits per heavy atom. The summed E-state index contributed by atoms with van der Waals surface area (Å²) in [5, 5.41) is 3.37. The molecule has 0 aliphatic carbocycles. The molecule has 110 valence electrons. The minimum Gasteiger partial charge on any atom is -0.497 e. The molecule has 0 aromatic heterocycles. The molecular weight excluding hydrogens is 252 g/mol. The molecule has 1 N–H and O–H groups in total. The molecule has 0 spiro atoms. The monoisotopic (exact) mass is 276 g/mol. The summed E-state index contributed by atoms with van der Waals surface area (Å²) in [6, 6.07) is 7.79. The van der Waals surface area contributed by atoms with Crippen molar-refractivity contribution in [1.82, 2.24) is 10.2 Å². The lowest BCUT2D eigenvalue weighted by Gasteiger charge is -2.27. The lowest BCUT2D eigenvalue weighted by molar-refractivity contribution is -0.130. The summed E-state index contributed by atoms with van der Waals surface area (Å²) >= 11 is 0. The van der Waals surface area contributed by atoms with Gasteiger partial charge >= 0.3 is 0 Å². The molecule has 1 saturated heterocycles. The molecule has 1 aromatic carbocycles. The van der Waals surface area contributed by atoms with Crippen LogP contribution in [0.4, 0.5) is 0 Å². The number of carbonyl (C=O) groups is 1. The number of methoxy groups -OCH3 is 1. The van der Waals surface area contributed by atoms with Crippen molar-refractivity contribution in [2.45, 2.75) is 39.4 Å². The van der Waals surface area contributed by atoms with Crippen molar-refractivity contribution in [1.29, 1.82) is 0 Å². The van der Waals surface area contributed by atoms with Crippen LogP contribution in [0.15, 0.2) is 24.3 Å². The Morgan fingerprint density at radius 2 is 2.00 bits per heavy atom. The largest absolute Gasteiger partial charge is 0.497 e. The predicted molar refractivity (Wildman–Crippen MR) is 79.5 cm³/mol. The van der Waals surface area contributed by atoms with Gasteiger partial charge in [-0.1, -0.05) is 32.4 Å². The SMILES string of the molecule is CCC(C)CN1C(=O)C(C)NC1c1ccc(OC)cc1. The third kappa shape index (κ3) is 2.96. The van der Waals surface area contributed by atoms with Gasteiger partial charge < -0.3 is 9.64 Å². The number of amides is 1. The van der Waals surface area contributed by atoms with E-state index in [4.69, 9.17) is 4.74 Å². The summed E-state index contributed by atoms with van der Waals surface area (Å²) in [6.45, 7) is 7.06. The van der Waals surface area contributed by atoms with Crippen LogP contribution in [0, 0.1) is 5.92 Å². The standard InChI is InChI=1S/C16H24N2O2/c1-5-11(2)10-18-15(17-12(3)16(18)19)13-6-8-14(20-4)9-7-13/h6-9,11-12,15,17H,5,10H2,1-4H3. The molecule has 3 atom stereocenters. The van der Waals surface area contributed by atoms with Crippen molar-refractivity contribution < 1.29 is 9.53 Å². The molecule has 1 fully saturated rings. The predicted octanol–water partition coefficient (Wildman–Crippen LogP) is 2.56. The van der Waals surface area contributed by atoms with Crippen LogP contribution in [-0.4, -0.2) is 30.5 Å². The van der Waals surface area contributed by atoms with E-state index in [1.807, 2.05) is 36.1 Å². The first kappa shape index (κ1) is 14.9. The highest BCUT2D eigenvalue weighted by atomic mass is 16.5. The molecule has 0 radical (unpaired) electrons. The van der Waals surface area contributed by atoms with E-state index >= 15 is 0 Å². The van der Waals surface area contributed by atoms with Crippen LogP contribution in [-0.2, 0) is 4.79 Å². The van der Waals surface area contributed by atoms with Crippen LogP contribution in [0.1, 0.15) is 38.9 Å². The number of nitrogens with zero attached hydrogens (tertiary/aromatic N) is 1. The van der Waals surface area contributed by atoms with Crippen LogP contribution in [0.2, 0.25) is 0 Å². The zero-order valence-corrected chi connectivity index (χ0v) is 12.7. The average molecular weight is 276 g/mol. The zero-order chi connectivity index (χ0) is 14.7. The number of ether oxygens (including phenoxy) is 1.